The van der Waals surface area contributed by atoms with E-state index in [0.717, 1.165) is 18.9 Å². The van der Waals surface area contributed by atoms with Gasteiger partial charge in [0.2, 0.25) is 5.82 Å². The molecule has 178 valence electrons. The Hall–Kier alpha value is -3.70. The normalized spacial score (nSPS) is 14.1. The number of rotatable bonds is 10. The second kappa shape index (κ2) is 10.1. The highest BCUT2D eigenvalue weighted by atomic mass is 19.1. The van der Waals surface area contributed by atoms with Crippen LogP contribution in [0.1, 0.15) is 52.5 Å². The molecule has 2 aromatic heterocycles. The van der Waals surface area contributed by atoms with Crippen molar-refractivity contribution in [2.75, 3.05) is 13.2 Å². The smallest absolute Gasteiger partial charge is 0.258 e. The van der Waals surface area contributed by atoms with E-state index in [0.29, 0.717) is 11.4 Å². The van der Waals surface area contributed by atoms with Gasteiger partial charge in [0.1, 0.15) is 17.3 Å². The summed E-state index contributed by atoms with van der Waals surface area (Å²) in [5.74, 6) is -0.810. The van der Waals surface area contributed by atoms with Crippen LogP contribution < -0.4 is 10.1 Å². The number of nitrogens with one attached hydrogen (secondary N) is 1. The number of benzene rings is 1. The van der Waals surface area contributed by atoms with Crippen LogP contribution in [0, 0.1) is 11.7 Å². The second-order valence-corrected chi connectivity index (χ2v) is 7.97. The number of aliphatic hydroxyl groups is 2. The van der Waals surface area contributed by atoms with Crippen LogP contribution in [0.15, 0.2) is 41.1 Å². The molecule has 0 radical (unpaired) electrons. The number of nitrogens with zero attached hydrogens (tertiary/aromatic N) is 3. The van der Waals surface area contributed by atoms with Gasteiger partial charge in [0, 0.05) is 11.5 Å². The van der Waals surface area contributed by atoms with Crippen molar-refractivity contribution in [3.63, 3.8) is 0 Å². The van der Waals surface area contributed by atoms with Crippen molar-refractivity contribution in [1.82, 2.24) is 20.4 Å². The maximum absolute atomic E-state index is 14.5. The average molecular weight is 470 g/mol. The minimum absolute atomic E-state index is 0.0309. The Balaban J connectivity index is 1.41. The van der Waals surface area contributed by atoms with Gasteiger partial charge in [-0.05, 0) is 50.1 Å². The van der Waals surface area contributed by atoms with Crippen molar-refractivity contribution in [1.29, 1.82) is 0 Å². The van der Waals surface area contributed by atoms with Gasteiger partial charge in [0.05, 0.1) is 31.0 Å². The summed E-state index contributed by atoms with van der Waals surface area (Å²) in [4.78, 5) is 32.6. The van der Waals surface area contributed by atoms with Gasteiger partial charge in [0.15, 0.2) is 11.9 Å². The Morgan fingerprint density at radius 2 is 2.00 bits per heavy atom. The number of carbonyl (C=O) groups is 2. The van der Waals surface area contributed by atoms with Crippen molar-refractivity contribution in [2.24, 2.45) is 5.92 Å². The highest BCUT2D eigenvalue weighted by Gasteiger charge is 2.31. The Kier molecular flexibility index (Phi) is 6.94. The number of pyridine rings is 1. The van der Waals surface area contributed by atoms with E-state index in [1.807, 2.05) is 0 Å². The third-order valence-corrected chi connectivity index (χ3v) is 5.29. The molecule has 3 aromatic rings. The van der Waals surface area contributed by atoms with Gasteiger partial charge in [-0.2, -0.15) is 4.98 Å². The third kappa shape index (κ3) is 5.26. The first-order valence-corrected chi connectivity index (χ1v) is 10.7. The lowest BCUT2D eigenvalue weighted by Gasteiger charge is -2.13. The molecule has 3 N–H and O–H groups in total. The molecule has 34 heavy (non-hydrogen) atoms. The quantitative estimate of drug-likeness (QED) is 0.379. The maximum Gasteiger partial charge on any atom is 0.258 e. The highest BCUT2D eigenvalue weighted by Crippen LogP contribution is 2.32. The number of hydrogen-bond acceptors (Lipinski definition) is 9. The Morgan fingerprint density at radius 3 is 2.62 bits per heavy atom. The Morgan fingerprint density at radius 1 is 1.24 bits per heavy atom. The maximum atomic E-state index is 14.5. The lowest BCUT2D eigenvalue weighted by Crippen LogP contribution is -2.40. The molecule has 1 aliphatic rings. The molecule has 0 saturated heterocycles. The van der Waals surface area contributed by atoms with Gasteiger partial charge in [-0.15, -0.1) is 0 Å². The molecule has 1 atom stereocenters. The fourth-order valence-corrected chi connectivity index (χ4v) is 3.17. The fraction of sp³-hybridized carbons (Fsp3) is 0.348. The summed E-state index contributed by atoms with van der Waals surface area (Å²) in [5, 5.41) is 24.3. The second-order valence-electron chi connectivity index (χ2n) is 7.97. The summed E-state index contributed by atoms with van der Waals surface area (Å²) in [7, 11) is 0. The topological polar surface area (TPSA) is 148 Å². The van der Waals surface area contributed by atoms with Crippen molar-refractivity contribution < 1.29 is 33.5 Å². The number of ether oxygens (including phenoxy) is 1. The standard InChI is InChI=1S/C23H23FN4O6/c1-12(33-16-5-7-19(25-9-16)20(31)13-2-3-13)21-27-23(34-28-21)14-4-6-17(18(24)8-14)22(32)26-15(10-29)11-30/h4-9,12-13,15,29-30H,2-3,10-11H2,1H3,(H,26,32). The van der Waals surface area contributed by atoms with Crippen LogP contribution in [0.2, 0.25) is 0 Å². The van der Waals surface area contributed by atoms with E-state index in [1.165, 1.54) is 18.3 Å². The van der Waals surface area contributed by atoms with Gasteiger partial charge < -0.3 is 24.8 Å². The molecule has 0 spiro atoms. The fourth-order valence-electron chi connectivity index (χ4n) is 3.17. The van der Waals surface area contributed by atoms with Crippen LogP contribution in [0.25, 0.3) is 11.5 Å². The number of carbonyl (C=O) groups excluding carboxylic acids is 2. The van der Waals surface area contributed by atoms with Gasteiger partial charge >= 0.3 is 0 Å². The zero-order valence-corrected chi connectivity index (χ0v) is 18.3. The van der Waals surface area contributed by atoms with Crippen molar-refractivity contribution >= 4 is 11.7 Å². The number of hydrogen-bond donors (Lipinski definition) is 3. The van der Waals surface area contributed by atoms with E-state index in [1.54, 1.807) is 19.1 Å². The number of halogens is 1. The molecular formula is C23H23FN4O6. The largest absolute Gasteiger partial charge is 0.481 e. The van der Waals surface area contributed by atoms with Gasteiger partial charge in [-0.3, -0.25) is 9.59 Å². The first kappa shape index (κ1) is 23.5. The zero-order chi connectivity index (χ0) is 24.2. The minimum Gasteiger partial charge on any atom is -0.481 e. The molecule has 10 nitrogen and oxygen atoms in total. The molecule has 1 fully saturated rings. The SMILES string of the molecule is CC(Oc1ccc(C(=O)C2CC2)nc1)c1noc(-c2ccc(C(=O)NC(CO)CO)c(F)c2)n1. The molecule has 1 saturated carbocycles. The molecule has 1 aromatic carbocycles. The molecule has 0 aliphatic heterocycles. The molecule has 11 heteroatoms. The van der Waals surface area contributed by atoms with E-state index in [-0.39, 0.29) is 34.5 Å². The van der Waals surface area contributed by atoms with E-state index in [4.69, 9.17) is 19.5 Å². The monoisotopic (exact) mass is 470 g/mol. The van der Waals surface area contributed by atoms with E-state index < -0.39 is 37.1 Å². The molecule has 1 aliphatic carbocycles. The predicted molar refractivity (Wildman–Crippen MR) is 115 cm³/mol. The van der Waals surface area contributed by atoms with Crippen LogP contribution in [-0.4, -0.2) is 56.3 Å². The molecule has 2 heterocycles. The Labute approximate surface area is 193 Å². The minimum atomic E-state index is -0.892. The summed E-state index contributed by atoms with van der Waals surface area (Å²) in [5.41, 5.74) is 0.403. The van der Waals surface area contributed by atoms with Gasteiger partial charge in [-0.1, -0.05) is 5.16 Å². The number of aromatic nitrogens is 3. The van der Waals surface area contributed by atoms with Gasteiger partial charge in [-0.25, -0.2) is 9.37 Å². The lowest BCUT2D eigenvalue weighted by molar-refractivity contribution is 0.0875. The summed E-state index contributed by atoms with van der Waals surface area (Å²) < 4.78 is 25.5. The van der Waals surface area contributed by atoms with Crippen LogP contribution in [0.4, 0.5) is 4.39 Å². The van der Waals surface area contributed by atoms with Crippen LogP contribution in [0.3, 0.4) is 0 Å². The van der Waals surface area contributed by atoms with Crippen LogP contribution in [-0.2, 0) is 0 Å². The summed E-state index contributed by atoms with van der Waals surface area (Å²) >= 11 is 0. The first-order valence-electron chi connectivity index (χ1n) is 10.7. The highest BCUT2D eigenvalue weighted by molar-refractivity contribution is 5.97. The predicted octanol–water partition coefficient (Wildman–Crippen LogP) is 2.09. The van der Waals surface area contributed by atoms with Crippen LogP contribution >= 0.6 is 0 Å². The molecule has 1 amide bonds. The third-order valence-electron chi connectivity index (χ3n) is 5.29. The summed E-state index contributed by atoms with van der Waals surface area (Å²) in [6, 6.07) is 6.13. The molecule has 4 rings (SSSR count). The molecule has 0 bridgehead atoms. The van der Waals surface area contributed by atoms with E-state index in [2.05, 4.69) is 20.4 Å². The number of amides is 1. The molecule has 1 unspecified atom stereocenters. The number of aliphatic hydroxyl groups excluding tert-OH is 2. The zero-order valence-electron chi connectivity index (χ0n) is 18.3. The lowest BCUT2D eigenvalue weighted by atomic mass is 10.1. The average Bonchev–Trinajstić information content (AvgIpc) is 3.58. The van der Waals surface area contributed by atoms with Gasteiger partial charge in [0.25, 0.3) is 11.8 Å². The summed E-state index contributed by atoms with van der Waals surface area (Å²) in [6.07, 6.45) is 2.66. The number of ketones is 1. The first-order chi connectivity index (χ1) is 16.4. The Bertz CT molecular complexity index is 1170. The van der Waals surface area contributed by atoms with Crippen molar-refractivity contribution in [3.8, 4) is 17.2 Å². The van der Waals surface area contributed by atoms with E-state index in [9.17, 15) is 14.0 Å². The van der Waals surface area contributed by atoms with Crippen LogP contribution in [0.5, 0.6) is 5.75 Å². The number of Topliss-reactive ketones (excluding diaryl/α,β-unsaturated/α-hetero) is 1. The van der Waals surface area contributed by atoms with E-state index >= 15 is 0 Å². The summed E-state index contributed by atoms with van der Waals surface area (Å²) in [6.45, 7) is 0.738. The van der Waals surface area contributed by atoms with Crippen molar-refractivity contribution in [2.45, 2.75) is 31.9 Å². The van der Waals surface area contributed by atoms with Crippen molar-refractivity contribution in [3.05, 3.63) is 59.4 Å². The molecular weight excluding hydrogens is 447 g/mol.